The van der Waals surface area contributed by atoms with Gasteiger partial charge in [-0.15, -0.1) is 0 Å². The van der Waals surface area contributed by atoms with Crippen molar-refractivity contribution >= 4 is 23.2 Å². The number of anilines is 2. The Balaban J connectivity index is 2.22. The first-order valence-corrected chi connectivity index (χ1v) is 7.90. The molecule has 2 amide bonds. The van der Waals surface area contributed by atoms with Crippen molar-refractivity contribution < 1.29 is 14.0 Å². The van der Waals surface area contributed by atoms with Crippen molar-refractivity contribution in [1.82, 2.24) is 0 Å². The molecule has 126 valence electrons. The third-order valence-electron chi connectivity index (χ3n) is 3.77. The van der Waals surface area contributed by atoms with E-state index >= 15 is 0 Å². The number of benzene rings is 2. The number of carbonyl (C=O) groups is 2. The average Bonchev–Trinajstić information content (AvgIpc) is 2.54. The molecule has 2 rings (SSSR count). The first kappa shape index (κ1) is 17.7. The highest BCUT2D eigenvalue weighted by Gasteiger charge is 2.15. The zero-order valence-electron chi connectivity index (χ0n) is 14.1. The zero-order valence-corrected chi connectivity index (χ0v) is 14.1. The highest BCUT2D eigenvalue weighted by molar-refractivity contribution is 6.05. The SMILES string of the molecule is CCCC(=O)Nc1cccc(NC(=O)c2cccc(C)c2F)c1C. The van der Waals surface area contributed by atoms with Crippen LogP contribution in [0, 0.1) is 19.7 Å². The molecule has 0 aromatic heterocycles. The maximum atomic E-state index is 14.1. The minimum Gasteiger partial charge on any atom is -0.326 e. The van der Waals surface area contributed by atoms with Gasteiger partial charge in [-0.3, -0.25) is 9.59 Å². The predicted molar refractivity (Wildman–Crippen MR) is 93.8 cm³/mol. The highest BCUT2D eigenvalue weighted by Crippen LogP contribution is 2.24. The van der Waals surface area contributed by atoms with Crippen molar-refractivity contribution in [1.29, 1.82) is 0 Å². The van der Waals surface area contributed by atoms with Crippen LogP contribution in [0.3, 0.4) is 0 Å². The van der Waals surface area contributed by atoms with Gasteiger partial charge < -0.3 is 10.6 Å². The van der Waals surface area contributed by atoms with Crippen molar-refractivity contribution in [2.45, 2.75) is 33.6 Å². The second-order valence-electron chi connectivity index (χ2n) is 5.67. The molecule has 0 radical (unpaired) electrons. The summed E-state index contributed by atoms with van der Waals surface area (Å²) in [6, 6.07) is 9.92. The number of hydrogen-bond acceptors (Lipinski definition) is 2. The fraction of sp³-hybridized carbons (Fsp3) is 0.263. The Labute approximate surface area is 141 Å². The quantitative estimate of drug-likeness (QED) is 0.853. The first-order chi connectivity index (χ1) is 11.4. The topological polar surface area (TPSA) is 58.2 Å². The lowest BCUT2D eigenvalue weighted by Crippen LogP contribution is -2.16. The van der Waals surface area contributed by atoms with Crippen LogP contribution in [0.25, 0.3) is 0 Å². The Hall–Kier alpha value is -2.69. The van der Waals surface area contributed by atoms with E-state index < -0.39 is 11.7 Å². The van der Waals surface area contributed by atoms with Gasteiger partial charge in [-0.2, -0.15) is 0 Å². The first-order valence-electron chi connectivity index (χ1n) is 7.90. The van der Waals surface area contributed by atoms with Crippen LogP contribution in [0.15, 0.2) is 36.4 Å². The van der Waals surface area contributed by atoms with Gasteiger partial charge in [-0.25, -0.2) is 4.39 Å². The van der Waals surface area contributed by atoms with E-state index in [4.69, 9.17) is 0 Å². The lowest BCUT2D eigenvalue weighted by molar-refractivity contribution is -0.116. The number of rotatable bonds is 5. The van der Waals surface area contributed by atoms with E-state index in [2.05, 4.69) is 10.6 Å². The number of hydrogen-bond donors (Lipinski definition) is 2. The Morgan fingerprint density at radius 3 is 2.29 bits per heavy atom. The smallest absolute Gasteiger partial charge is 0.258 e. The fourth-order valence-corrected chi connectivity index (χ4v) is 2.36. The van der Waals surface area contributed by atoms with Gasteiger partial charge in [-0.05, 0) is 49.6 Å². The zero-order chi connectivity index (χ0) is 17.7. The van der Waals surface area contributed by atoms with Crippen LogP contribution in [0.1, 0.15) is 41.3 Å². The van der Waals surface area contributed by atoms with Gasteiger partial charge in [-0.1, -0.05) is 25.1 Å². The molecule has 0 aliphatic rings. The van der Waals surface area contributed by atoms with Crippen molar-refractivity contribution in [3.8, 4) is 0 Å². The summed E-state index contributed by atoms with van der Waals surface area (Å²) in [7, 11) is 0. The Morgan fingerprint density at radius 2 is 1.62 bits per heavy atom. The van der Waals surface area contributed by atoms with E-state index in [1.54, 1.807) is 44.2 Å². The van der Waals surface area contributed by atoms with Crippen LogP contribution < -0.4 is 10.6 Å². The lowest BCUT2D eigenvalue weighted by Gasteiger charge is -2.14. The number of aryl methyl sites for hydroxylation is 1. The lowest BCUT2D eigenvalue weighted by atomic mass is 10.1. The molecule has 0 saturated heterocycles. The summed E-state index contributed by atoms with van der Waals surface area (Å²) >= 11 is 0. The Kier molecular flexibility index (Phi) is 5.68. The molecule has 0 unspecified atom stereocenters. The van der Waals surface area contributed by atoms with Crippen molar-refractivity contribution in [2.24, 2.45) is 0 Å². The van der Waals surface area contributed by atoms with E-state index in [1.165, 1.54) is 6.07 Å². The third-order valence-corrected chi connectivity index (χ3v) is 3.77. The molecule has 0 atom stereocenters. The molecule has 0 spiro atoms. The number of halogens is 1. The number of carbonyl (C=O) groups excluding carboxylic acids is 2. The fourth-order valence-electron chi connectivity index (χ4n) is 2.36. The number of amides is 2. The van der Waals surface area contributed by atoms with E-state index in [0.29, 0.717) is 23.4 Å². The number of nitrogens with one attached hydrogen (secondary N) is 2. The van der Waals surface area contributed by atoms with E-state index in [1.807, 2.05) is 6.92 Å². The van der Waals surface area contributed by atoms with Crippen molar-refractivity contribution in [3.63, 3.8) is 0 Å². The predicted octanol–water partition coefficient (Wildman–Crippen LogP) is 4.43. The largest absolute Gasteiger partial charge is 0.326 e. The van der Waals surface area contributed by atoms with Crippen LogP contribution in [0.2, 0.25) is 0 Å². The van der Waals surface area contributed by atoms with Crippen LogP contribution in [-0.2, 0) is 4.79 Å². The van der Waals surface area contributed by atoms with Gasteiger partial charge in [0.25, 0.3) is 5.91 Å². The van der Waals surface area contributed by atoms with Gasteiger partial charge in [0.05, 0.1) is 5.56 Å². The summed E-state index contributed by atoms with van der Waals surface area (Å²) in [6.07, 6.45) is 1.19. The van der Waals surface area contributed by atoms with Crippen LogP contribution in [0.5, 0.6) is 0 Å². The summed E-state index contributed by atoms with van der Waals surface area (Å²) in [5, 5.41) is 5.53. The van der Waals surface area contributed by atoms with Gasteiger partial charge >= 0.3 is 0 Å². The van der Waals surface area contributed by atoms with Gasteiger partial charge in [0, 0.05) is 17.8 Å². The van der Waals surface area contributed by atoms with Crippen LogP contribution in [-0.4, -0.2) is 11.8 Å². The molecule has 0 saturated carbocycles. The molecule has 0 fully saturated rings. The average molecular weight is 328 g/mol. The Bertz CT molecular complexity index is 772. The van der Waals surface area contributed by atoms with Gasteiger partial charge in [0.15, 0.2) is 0 Å². The van der Waals surface area contributed by atoms with Gasteiger partial charge in [0.1, 0.15) is 5.82 Å². The molecule has 5 heteroatoms. The van der Waals surface area contributed by atoms with Crippen LogP contribution in [0.4, 0.5) is 15.8 Å². The second kappa shape index (κ2) is 7.73. The van der Waals surface area contributed by atoms with E-state index in [0.717, 1.165) is 12.0 Å². The maximum Gasteiger partial charge on any atom is 0.258 e. The molecule has 0 aliphatic heterocycles. The monoisotopic (exact) mass is 328 g/mol. The summed E-state index contributed by atoms with van der Waals surface area (Å²) in [5.74, 6) is -1.12. The molecule has 4 nitrogen and oxygen atoms in total. The Morgan fingerprint density at radius 1 is 1.00 bits per heavy atom. The van der Waals surface area contributed by atoms with E-state index in [9.17, 15) is 14.0 Å². The summed E-state index contributed by atoms with van der Waals surface area (Å²) in [4.78, 5) is 24.1. The summed E-state index contributed by atoms with van der Waals surface area (Å²) in [5.41, 5.74) is 2.31. The molecular formula is C19H21FN2O2. The van der Waals surface area contributed by atoms with Crippen molar-refractivity contribution in [2.75, 3.05) is 10.6 Å². The third kappa shape index (κ3) is 3.98. The normalized spacial score (nSPS) is 10.3. The molecule has 0 heterocycles. The molecule has 24 heavy (non-hydrogen) atoms. The van der Waals surface area contributed by atoms with E-state index in [-0.39, 0.29) is 11.5 Å². The molecule has 0 bridgehead atoms. The molecule has 0 aliphatic carbocycles. The molecule has 2 N–H and O–H groups in total. The van der Waals surface area contributed by atoms with Crippen molar-refractivity contribution in [3.05, 3.63) is 58.9 Å². The van der Waals surface area contributed by atoms with Crippen LogP contribution >= 0.6 is 0 Å². The maximum absolute atomic E-state index is 14.1. The van der Waals surface area contributed by atoms with Gasteiger partial charge in [0.2, 0.25) is 5.91 Å². The standard InChI is InChI=1S/C19H21FN2O2/c1-4-7-17(23)21-15-10-6-11-16(13(15)3)22-19(24)14-9-5-8-12(2)18(14)20/h5-6,8-11H,4,7H2,1-3H3,(H,21,23)(H,22,24). The molecular weight excluding hydrogens is 307 g/mol. The minimum atomic E-state index is -0.528. The summed E-state index contributed by atoms with van der Waals surface area (Å²) < 4.78 is 14.1. The highest BCUT2D eigenvalue weighted by atomic mass is 19.1. The second-order valence-corrected chi connectivity index (χ2v) is 5.67. The molecule has 2 aromatic rings. The molecule has 2 aromatic carbocycles. The minimum absolute atomic E-state index is 0.00479. The summed E-state index contributed by atoms with van der Waals surface area (Å²) in [6.45, 7) is 5.34.